The highest BCUT2D eigenvalue weighted by atomic mass is 19.4. The van der Waals surface area contributed by atoms with Crippen LogP contribution >= 0.6 is 0 Å². The summed E-state index contributed by atoms with van der Waals surface area (Å²) in [7, 11) is 0. The van der Waals surface area contributed by atoms with Gasteiger partial charge in [-0.15, -0.1) is 0 Å². The lowest BCUT2D eigenvalue weighted by molar-refractivity contribution is -0.141. The minimum Gasteiger partial charge on any atom is -0.390 e. The number of hydrogen-bond acceptors (Lipinski definition) is 4. The minimum absolute atomic E-state index is 0.260. The van der Waals surface area contributed by atoms with Crippen LogP contribution in [-0.2, 0) is 12.8 Å². The molecule has 0 saturated heterocycles. The summed E-state index contributed by atoms with van der Waals surface area (Å²) < 4.78 is 37.0. The van der Waals surface area contributed by atoms with Gasteiger partial charge in [-0.05, 0) is 18.2 Å². The van der Waals surface area contributed by atoms with Gasteiger partial charge in [0, 0.05) is 11.8 Å². The van der Waals surface area contributed by atoms with Gasteiger partial charge in [-0.2, -0.15) is 13.2 Å². The molecule has 0 aromatic carbocycles. The molecule has 0 saturated carbocycles. The number of alkyl halides is 3. The predicted molar refractivity (Wildman–Crippen MR) is 56.2 cm³/mol. The molecular weight excluding hydrogens is 247 g/mol. The van der Waals surface area contributed by atoms with Crippen LogP contribution in [0.4, 0.5) is 13.2 Å². The lowest BCUT2D eigenvalue weighted by Gasteiger charge is -2.06. The largest absolute Gasteiger partial charge is 0.433 e. The molecule has 0 aliphatic rings. The molecule has 94 valence electrons. The van der Waals surface area contributed by atoms with E-state index in [9.17, 15) is 13.2 Å². The second kappa shape index (κ2) is 4.69. The van der Waals surface area contributed by atoms with E-state index in [4.69, 9.17) is 5.11 Å². The zero-order chi connectivity index (χ0) is 13.2. The van der Waals surface area contributed by atoms with Crippen LogP contribution in [0.15, 0.2) is 30.7 Å². The second-order valence-electron chi connectivity index (χ2n) is 3.48. The van der Waals surface area contributed by atoms with Crippen molar-refractivity contribution in [2.75, 3.05) is 0 Å². The first kappa shape index (κ1) is 12.4. The topological polar surface area (TPSA) is 58.9 Å². The first-order valence-electron chi connectivity index (χ1n) is 4.96. The van der Waals surface area contributed by atoms with Gasteiger partial charge in [0.2, 0.25) is 0 Å². The molecule has 0 amide bonds. The van der Waals surface area contributed by atoms with Gasteiger partial charge in [0.1, 0.15) is 12.0 Å². The zero-order valence-corrected chi connectivity index (χ0v) is 9.02. The SMILES string of the molecule is OCc1cc(-c2ccc(C(F)(F)F)nc2)ncn1. The van der Waals surface area contributed by atoms with Crippen LogP contribution in [-0.4, -0.2) is 20.1 Å². The summed E-state index contributed by atoms with van der Waals surface area (Å²) in [4.78, 5) is 11.0. The van der Waals surface area contributed by atoms with Crippen LogP contribution < -0.4 is 0 Å². The van der Waals surface area contributed by atoms with E-state index in [-0.39, 0.29) is 6.61 Å². The van der Waals surface area contributed by atoms with E-state index in [0.717, 1.165) is 12.3 Å². The molecule has 0 bridgehead atoms. The maximum Gasteiger partial charge on any atom is 0.433 e. The van der Waals surface area contributed by atoms with E-state index in [2.05, 4.69) is 15.0 Å². The predicted octanol–water partition coefficient (Wildman–Crippen LogP) is 2.05. The molecule has 0 aliphatic heterocycles. The number of pyridine rings is 1. The van der Waals surface area contributed by atoms with Gasteiger partial charge in [0.05, 0.1) is 18.0 Å². The van der Waals surface area contributed by atoms with Gasteiger partial charge in [-0.1, -0.05) is 0 Å². The molecule has 0 radical (unpaired) electrons. The Kier molecular flexibility index (Phi) is 3.24. The molecule has 0 unspecified atom stereocenters. The molecule has 0 fully saturated rings. The lowest BCUT2D eigenvalue weighted by atomic mass is 10.1. The van der Waals surface area contributed by atoms with E-state index in [1.165, 1.54) is 18.5 Å². The third-order valence-electron chi connectivity index (χ3n) is 2.24. The Morgan fingerprint density at radius 1 is 1.11 bits per heavy atom. The van der Waals surface area contributed by atoms with Crippen molar-refractivity contribution in [2.45, 2.75) is 12.8 Å². The van der Waals surface area contributed by atoms with Crippen molar-refractivity contribution < 1.29 is 18.3 Å². The average molecular weight is 255 g/mol. The van der Waals surface area contributed by atoms with Gasteiger partial charge in [0.15, 0.2) is 0 Å². The Balaban J connectivity index is 2.34. The van der Waals surface area contributed by atoms with Gasteiger partial charge in [0.25, 0.3) is 0 Å². The molecule has 2 rings (SSSR count). The van der Waals surface area contributed by atoms with Gasteiger partial charge in [-0.25, -0.2) is 9.97 Å². The summed E-state index contributed by atoms with van der Waals surface area (Å²) in [5, 5.41) is 8.91. The van der Waals surface area contributed by atoms with Crippen LogP contribution in [0.1, 0.15) is 11.4 Å². The van der Waals surface area contributed by atoms with E-state index < -0.39 is 11.9 Å². The molecule has 7 heteroatoms. The van der Waals surface area contributed by atoms with Gasteiger partial charge < -0.3 is 5.11 Å². The maximum atomic E-state index is 12.3. The quantitative estimate of drug-likeness (QED) is 0.892. The van der Waals surface area contributed by atoms with E-state index >= 15 is 0 Å². The monoisotopic (exact) mass is 255 g/mol. The Labute approximate surface area is 100 Å². The molecule has 18 heavy (non-hydrogen) atoms. The number of rotatable bonds is 2. The van der Waals surface area contributed by atoms with Crippen molar-refractivity contribution >= 4 is 0 Å². The van der Waals surface area contributed by atoms with Crippen molar-refractivity contribution in [1.29, 1.82) is 0 Å². The number of aliphatic hydroxyl groups excluding tert-OH is 1. The Morgan fingerprint density at radius 3 is 2.44 bits per heavy atom. The lowest BCUT2D eigenvalue weighted by Crippen LogP contribution is -2.07. The molecule has 2 aromatic rings. The third-order valence-corrected chi connectivity index (χ3v) is 2.24. The van der Waals surface area contributed by atoms with E-state index in [0.29, 0.717) is 17.0 Å². The summed E-state index contributed by atoms with van der Waals surface area (Å²) in [5.74, 6) is 0. The van der Waals surface area contributed by atoms with E-state index in [1.807, 2.05) is 0 Å². The fourth-order valence-electron chi connectivity index (χ4n) is 1.35. The van der Waals surface area contributed by atoms with Crippen molar-refractivity contribution in [3.63, 3.8) is 0 Å². The highest BCUT2D eigenvalue weighted by Gasteiger charge is 2.32. The second-order valence-corrected chi connectivity index (χ2v) is 3.48. The summed E-state index contributed by atoms with van der Waals surface area (Å²) >= 11 is 0. The fourth-order valence-corrected chi connectivity index (χ4v) is 1.35. The van der Waals surface area contributed by atoms with Crippen LogP contribution in [0.3, 0.4) is 0 Å². The molecule has 0 atom stereocenters. The standard InChI is InChI=1S/C11H8F3N3O/c12-11(13,14)10-2-1-7(4-15-10)9-3-8(5-18)16-6-17-9/h1-4,6,18H,5H2. The minimum atomic E-state index is -4.46. The highest BCUT2D eigenvalue weighted by Crippen LogP contribution is 2.28. The maximum absolute atomic E-state index is 12.3. The molecule has 0 spiro atoms. The molecule has 2 heterocycles. The molecule has 0 aliphatic carbocycles. The normalized spacial score (nSPS) is 11.6. The number of hydrogen-bond donors (Lipinski definition) is 1. The number of aliphatic hydroxyl groups is 1. The van der Waals surface area contributed by atoms with Gasteiger partial charge in [-0.3, -0.25) is 4.98 Å². The summed E-state index contributed by atoms with van der Waals surface area (Å²) in [5.41, 5.74) is 0.276. The Hall–Kier alpha value is -2.02. The summed E-state index contributed by atoms with van der Waals surface area (Å²) in [6.45, 7) is -0.260. The van der Waals surface area contributed by atoms with Crippen LogP contribution in [0.5, 0.6) is 0 Å². The molecule has 4 nitrogen and oxygen atoms in total. The van der Waals surface area contributed by atoms with Crippen molar-refractivity contribution in [1.82, 2.24) is 15.0 Å². The Morgan fingerprint density at radius 2 is 1.89 bits per heavy atom. The van der Waals surface area contributed by atoms with Crippen LogP contribution in [0, 0.1) is 0 Å². The summed E-state index contributed by atoms with van der Waals surface area (Å²) in [6, 6.07) is 3.65. The first-order chi connectivity index (χ1) is 8.50. The van der Waals surface area contributed by atoms with Crippen molar-refractivity contribution in [3.05, 3.63) is 42.1 Å². The Bertz CT molecular complexity index is 540. The van der Waals surface area contributed by atoms with Crippen molar-refractivity contribution in [3.8, 4) is 11.3 Å². The van der Waals surface area contributed by atoms with Crippen LogP contribution in [0.2, 0.25) is 0 Å². The molecule has 2 aromatic heterocycles. The molecular formula is C11H8F3N3O. The van der Waals surface area contributed by atoms with Crippen LogP contribution in [0.25, 0.3) is 11.3 Å². The molecule has 1 N–H and O–H groups in total. The van der Waals surface area contributed by atoms with E-state index in [1.54, 1.807) is 0 Å². The average Bonchev–Trinajstić information content (AvgIpc) is 2.38. The number of halogens is 3. The smallest absolute Gasteiger partial charge is 0.390 e. The summed E-state index contributed by atoms with van der Waals surface area (Å²) in [6.07, 6.45) is -2.13. The number of nitrogens with zero attached hydrogens (tertiary/aromatic N) is 3. The highest BCUT2D eigenvalue weighted by molar-refractivity contribution is 5.57. The first-order valence-corrected chi connectivity index (χ1v) is 4.96. The number of aromatic nitrogens is 3. The van der Waals surface area contributed by atoms with Gasteiger partial charge >= 0.3 is 6.18 Å². The van der Waals surface area contributed by atoms with Crippen molar-refractivity contribution in [2.24, 2.45) is 0 Å². The third kappa shape index (κ3) is 2.62. The fraction of sp³-hybridized carbons (Fsp3) is 0.182. The zero-order valence-electron chi connectivity index (χ0n) is 9.02.